The molecular weight excluding hydrogens is 389 g/mol. The molecule has 168 valence electrons. The van der Waals surface area contributed by atoms with E-state index in [1.165, 1.54) is 12.1 Å². The Kier molecular flexibility index (Phi) is 8.89. The maximum atomic E-state index is 12.9. The molecule has 0 radical (unpaired) electrons. The predicted octanol–water partition coefficient (Wildman–Crippen LogP) is 2.90. The maximum Gasteiger partial charge on any atom is 0.410 e. The van der Waals surface area contributed by atoms with Gasteiger partial charge in [-0.3, -0.25) is 9.69 Å². The lowest BCUT2D eigenvalue weighted by molar-refractivity contribution is -0.122. The molecule has 30 heavy (non-hydrogen) atoms. The second-order valence-corrected chi connectivity index (χ2v) is 8.76. The van der Waals surface area contributed by atoms with Crippen molar-refractivity contribution in [2.24, 2.45) is 5.92 Å². The Hall–Kier alpha value is -2.35. The van der Waals surface area contributed by atoms with Crippen molar-refractivity contribution < 1.29 is 23.5 Å². The Morgan fingerprint density at radius 2 is 1.97 bits per heavy atom. The van der Waals surface area contributed by atoms with Crippen molar-refractivity contribution in [3.8, 4) is 5.75 Å². The van der Waals surface area contributed by atoms with E-state index < -0.39 is 5.60 Å². The number of benzene rings is 1. The fourth-order valence-corrected chi connectivity index (χ4v) is 3.39. The molecule has 1 aromatic carbocycles. The highest BCUT2D eigenvalue weighted by molar-refractivity contribution is 5.78. The van der Waals surface area contributed by atoms with Crippen LogP contribution in [0, 0.1) is 11.7 Å². The summed E-state index contributed by atoms with van der Waals surface area (Å²) in [6.45, 7) is 8.83. The summed E-state index contributed by atoms with van der Waals surface area (Å²) < 4.78 is 23.7. The molecule has 1 fully saturated rings. The smallest absolute Gasteiger partial charge is 0.410 e. The topological polar surface area (TPSA) is 71.1 Å². The Morgan fingerprint density at radius 1 is 1.27 bits per heavy atom. The van der Waals surface area contributed by atoms with Crippen LogP contribution in [0.3, 0.4) is 0 Å². The lowest BCUT2D eigenvalue weighted by atomic mass is 9.97. The van der Waals surface area contributed by atoms with Gasteiger partial charge in [0.05, 0.1) is 13.1 Å². The monoisotopic (exact) mass is 423 g/mol. The summed E-state index contributed by atoms with van der Waals surface area (Å²) in [6, 6.07) is 5.78. The van der Waals surface area contributed by atoms with Crippen LogP contribution in [0.15, 0.2) is 24.3 Å². The highest BCUT2D eigenvalue weighted by atomic mass is 19.1. The van der Waals surface area contributed by atoms with E-state index in [9.17, 15) is 14.0 Å². The number of nitrogens with zero attached hydrogens (tertiary/aromatic N) is 2. The van der Waals surface area contributed by atoms with E-state index in [2.05, 4.69) is 10.2 Å². The third-order valence-corrected chi connectivity index (χ3v) is 4.71. The number of nitrogens with one attached hydrogen (secondary N) is 1. The van der Waals surface area contributed by atoms with Gasteiger partial charge < -0.3 is 19.7 Å². The van der Waals surface area contributed by atoms with Crippen LogP contribution in [-0.4, -0.2) is 73.8 Å². The lowest BCUT2D eigenvalue weighted by Gasteiger charge is -2.34. The number of ether oxygens (including phenoxy) is 2. The minimum absolute atomic E-state index is 0.0566. The molecule has 1 heterocycles. The van der Waals surface area contributed by atoms with Crippen molar-refractivity contribution in [3.63, 3.8) is 0 Å². The van der Waals surface area contributed by atoms with Crippen LogP contribution in [0.4, 0.5) is 9.18 Å². The summed E-state index contributed by atoms with van der Waals surface area (Å²) in [4.78, 5) is 28.1. The van der Waals surface area contributed by atoms with Crippen molar-refractivity contribution in [2.75, 3.05) is 46.4 Å². The van der Waals surface area contributed by atoms with E-state index in [1.54, 1.807) is 24.1 Å². The van der Waals surface area contributed by atoms with Crippen molar-refractivity contribution in [1.82, 2.24) is 15.1 Å². The molecule has 1 aromatic rings. The zero-order valence-corrected chi connectivity index (χ0v) is 18.4. The van der Waals surface area contributed by atoms with Gasteiger partial charge in [0.15, 0.2) is 0 Å². The molecule has 1 aliphatic rings. The number of carbonyl (C=O) groups is 2. The number of piperidine rings is 1. The van der Waals surface area contributed by atoms with Crippen LogP contribution < -0.4 is 10.1 Å². The van der Waals surface area contributed by atoms with Gasteiger partial charge in [0.1, 0.15) is 23.8 Å². The van der Waals surface area contributed by atoms with E-state index in [4.69, 9.17) is 9.47 Å². The molecule has 0 spiro atoms. The molecule has 0 aliphatic carbocycles. The first-order chi connectivity index (χ1) is 14.1. The molecule has 0 aromatic heterocycles. The Bertz CT molecular complexity index is 691. The second kappa shape index (κ2) is 11.2. The number of amides is 2. The molecule has 0 saturated carbocycles. The summed E-state index contributed by atoms with van der Waals surface area (Å²) in [7, 11) is 1.75. The third-order valence-electron chi connectivity index (χ3n) is 4.71. The minimum atomic E-state index is -0.511. The van der Waals surface area contributed by atoms with Crippen molar-refractivity contribution in [2.45, 2.75) is 39.2 Å². The zero-order chi connectivity index (χ0) is 22.1. The number of hydrogen-bond donors (Lipinski definition) is 1. The third kappa shape index (κ3) is 8.98. The van der Waals surface area contributed by atoms with Gasteiger partial charge in [0.25, 0.3) is 0 Å². The van der Waals surface area contributed by atoms with E-state index >= 15 is 0 Å². The normalized spacial score (nSPS) is 17.3. The first-order valence-corrected chi connectivity index (χ1v) is 10.4. The van der Waals surface area contributed by atoms with Crippen LogP contribution in [0.2, 0.25) is 0 Å². The molecule has 2 rings (SSSR count). The standard InChI is InChI=1S/C22H34FN3O4/c1-22(2,3)30-21(28)25(4)14-17-6-5-12-26(15-17)16-20(27)24-11-13-29-19-9-7-18(23)8-10-19/h7-10,17H,5-6,11-16H2,1-4H3,(H,24,27). The van der Waals surface area contributed by atoms with Crippen LogP contribution in [0.25, 0.3) is 0 Å². The van der Waals surface area contributed by atoms with Crippen molar-refractivity contribution in [1.29, 1.82) is 0 Å². The van der Waals surface area contributed by atoms with Gasteiger partial charge in [-0.1, -0.05) is 0 Å². The van der Waals surface area contributed by atoms with Crippen LogP contribution in [-0.2, 0) is 9.53 Å². The van der Waals surface area contributed by atoms with Crippen molar-refractivity contribution >= 4 is 12.0 Å². The molecular formula is C22H34FN3O4. The first-order valence-electron chi connectivity index (χ1n) is 10.4. The number of carbonyl (C=O) groups excluding carboxylic acids is 2. The summed E-state index contributed by atoms with van der Waals surface area (Å²) in [5, 5.41) is 2.85. The lowest BCUT2D eigenvalue weighted by Crippen LogP contribution is -2.46. The van der Waals surface area contributed by atoms with Gasteiger partial charge in [-0.25, -0.2) is 9.18 Å². The molecule has 1 atom stereocenters. The SMILES string of the molecule is CN(CC1CCCN(CC(=O)NCCOc2ccc(F)cc2)C1)C(=O)OC(C)(C)C. The molecule has 1 N–H and O–H groups in total. The van der Waals surface area contributed by atoms with Gasteiger partial charge in [-0.05, 0) is 70.3 Å². The van der Waals surface area contributed by atoms with E-state index in [1.807, 2.05) is 20.8 Å². The average molecular weight is 424 g/mol. The summed E-state index contributed by atoms with van der Waals surface area (Å²) in [5.74, 6) is 0.510. The summed E-state index contributed by atoms with van der Waals surface area (Å²) in [5.41, 5.74) is -0.511. The quantitative estimate of drug-likeness (QED) is 0.651. The largest absolute Gasteiger partial charge is 0.492 e. The van der Waals surface area contributed by atoms with Crippen LogP contribution in [0.1, 0.15) is 33.6 Å². The van der Waals surface area contributed by atoms with Crippen LogP contribution in [0.5, 0.6) is 5.75 Å². The highest BCUT2D eigenvalue weighted by Gasteiger charge is 2.26. The molecule has 1 aliphatic heterocycles. The second-order valence-electron chi connectivity index (χ2n) is 8.76. The first kappa shape index (κ1) is 23.9. The average Bonchev–Trinajstić information content (AvgIpc) is 2.65. The minimum Gasteiger partial charge on any atom is -0.492 e. The number of likely N-dealkylation sites (tertiary alicyclic amines) is 1. The Labute approximate surface area is 178 Å². The Balaban J connectivity index is 1.66. The maximum absolute atomic E-state index is 12.9. The molecule has 1 saturated heterocycles. The number of hydrogen-bond acceptors (Lipinski definition) is 5. The van der Waals surface area contributed by atoms with Crippen LogP contribution >= 0.6 is 0 Å². The fourth-order valence-electron chi connectivity index (χ4n) is 3.39. The van der Waals surface area contributed by atoms with Crippen molar-refractivity contribution in [3.05, 3.63) is 30.1 Å². The predicted molar refractivity (Wildman–Crippen MR) is 113 cm³/mol. The fraction of sp³-hybridized carbons (Fsp3) is 0.636. The van der Waals surface area contributed by atoms with E-state index in [-0.39, 0.29) is 17.8 Å². The van der Waals surface area contributed by atoms with Gasteiger partial charge in [0.2, 0.25) is 5.91 Å². The molecule has 0 bridgehead atoms. The summed E-state index contributed by atoms with van der Waals surface area (Å²) in [6.07, 6.45) is 1.70. The highest BCUT2D eigenvalue weighted by Crippen LogP contribution is 2.18. The van der Waals surface area contributed by atoms with Gasteiger partial charge in [0, 0.05) is 20.1 Å². The Morgan fingerprint density at radius 3 is 2.63 bits per heavy atom. The van der Waals surface area contributed by atoms with E-state index in [0.717, 1.165) is 25.9 Å². The zero-order valence-electron chi connectivity index (χ0n) is 18.4. The molecule has 1 unspecified atom stereocenters. The number of halogens is 1. The van der Waals surface area contributed by atoms with Gasteiger partial charge in [-0.15, -0.1) is 0 Å². The van der Waals surface area contributed by atoms with Gasteiger partial charge in [-0.2, -0.15) is 0 Å². The van der Waals surface area contributed by atoms with Gasteiger partial charge >= 0.3 is 6.09 Å². The number of rotatable bonds is 8. The molecule has 8 heteroatoms. The van der Waals surface area contributed by atoms with E-state index in [0.29, 0.717) is 37.9 Å². The summed E-state index contributed by atoms with van der Waals surface area (Å²) >= 11 is 0. The molecule has 2 amide bonds. The molecule has 7 nitrogen and oxygen atoms in total.